The van der Waals surface area contributed by atoms with E-state index in [9.17, 15) is 0 Å². The van der Waals surface area contributed by atoms with E-state index < -0.39 is 0 Å². The van der Waals surface area contributed by atoms with Gasteiger partial charge in [-0.15, -0.1) is 0 Å². The van der Waals surface area contributed by atoms with Gasteiger partial charge in [-0.1, -0.05) is 5.16 Å². The number of hydrogen-bond donors (Lipinski definition) is 1. The van der Waals surface area contributed by atoms with E-state index in [-0.39, 0.29) is 5.92 Å². The average Bonchev–Trinajstić information content (AvgIpc) is 3.24. The van der Waals surface area contributed by atoms with Crippen molar-refractivity contribution in [1.82, 2.24) is 30.4 Å². The second-order valence-corrected chi connectivity index (χ2v) is 7.43. The Kier molecular flexibility index (Phi) is 4.48. The van der Waals surface area contributed by atoms with Crippen molar-refractivity contribution in [1.29, 1.82) is 0 Å². The number of aromatic nitrogens is 5. The first-order valence-corrected chi connectivity index (χ1v) is 9.84. The molecule has 0 aliphatic carbocycles. The summed E-state index contributed by atoms with van der Waals surface area (Å²) in [5.41, 5.74) is 3.29. The molecule has 0 aromatic carbocycles. The van der Waals surface area contributed by atoms with Crippen molar-refractivity contribution in [2.24, 2.45) is 0 Å². The summed E-state index contributed by atoms with van der Waals surface area (Å²) in [4.78, 5) is 20.6. The van der Waals surface area contributed by atoms with E-state index in [1.165, 1.54) is 5.56 Å². The van der Waals surface area contributed by atoms with Gasteiger partial charge in [0, 0.05) is 43.2 Å². The van der Waals surface area contributed by atoms with Crippen molar-refractivity contribution in [3.8, 4) is 11.4 Å². The van der Waals surface area contributed by atoms with E-state index in [0.29, 0.717) is 11.7 Å². The van der Waals surface area contributed by atoms with Gasteiger partial charge in [-0.3, -0.25) is 4.98 Å². The van der Waals surface area contributed by atoms with Gasteiger partial charge in [0.25, 0.3) is 0 Å². The normalized spacial score (nSPS) is 19.5. The Labute approximate surface area is 163 Å². The van der Waals surface area contributed by atoms with Gasteiger partial charge in [-0.25, -0.2) is 9.97 Å². The Morgan fingerprint density at radius 1 is 1.25 bits per heavy atom. The fourth-order valence-corrected chi connectivity index (χ4v) is 4.11. The standard InChI is InChI=1S/C20H23N7O/c1-13-23-17-11-22-8-6-16(17)19(24-13)27-9-3-5-15(12-27)20-25-18(26-28-20)14-4-2-7-21-10-14/h2,4,7,10,15,22H,3,5-6,8-9,11-12H2,1H3/t15-/m0/s1. The van der Waals surface area contributed by atoms with Crippen LogP contribution in [0.15, 0.2) is 29.0 Å². The summed E-state index contributed by atoms with van der Waals surface area (Å²) in [6.45, 7) is 5.60. The molecule has 28 heavy (non-hydrogen) atoms. The lowest BCUT2D eigenvalue weighted by molar-refractivity contribution is 0.333. The van der Waals surface area contributed by atoms with Crippen molar-refractivity contribution in [2.45, 2.75) is 38.6 Å². The van der Waals surface area contributed by atoms with Crippen LogP contribution in [-0.2, 0) is 13.0 Å². The fourth-order valence-electron chi connectivity index (χ4n) is 4.11. The highest BCUT2D eigenvalue weighted by atomic mass is 16.5. The highest BCUT2D eigenvalue weighted by Crippen LogP contribution is 2.32. The Morgan fingerprint density at radius 3 is 3.11 bits per heavy atom. The number of hydrogen-bond acceptors (Lipinski definition) is 8. The topological polar surface area (TPSA) is 92.9 Å². The number of nitrogens with zero attached hydrogens (tertiary/aromatic N) is 6. The summed E-state index contributed by atoms with van der Waals surface area (Å²) in [6, 6.07) is 3.82. The molecular weight excluding hydrogens is 354 g/mol. The van der Waals surface area contributed by atoms with Crippen LogP contribution < -0.4 is 10.2 Å². The summed E-state index contributed by atoms with van der Waals surface area (Å²) >= 11 is 0. The second-order valence-electron chi connectivity index (χ2n) is 7.43. The van der Waals surface area contributed by atoms with Gasteiger partial charge in [0.2, 0.25) is 11.7 Å². The molecule has 0 spiro atoms. The van der Waals surface area contributed by atoms with Crippen molar-refractivity contribution >= 4 is 5.82 Å². The zero-order valence-electron chi connectivity index (χ0n) is 15.9. The second kappa shape index (κ2) is 7.27. The number of nitrogens with one attached hydrogen (secondary N) is 1. The molecule has 1 atom stereocenters. The molecule has 1 saturated heterocycles. The molecule has 1 N–H and O–H groups in total. The van der Waals surface area contributed by atoms with Crippen LogP contribution in [0.3, 0.4) is 0 Å². The molecule has 5 heterocycles. The van der Waals surface area contributed by atoms with Gasteiger partial charge in [-0.05, 0) is 44.9 Å². The summed E-state index contributed by atoms with van der Waals surface area (Å²) in [6.07, 6.45) is 6.58. The molecule has 144 valence electrons. The molecule has 0 bridgehead atoms. The number of rotatable bonds is 3. The molecule has 1 fully saturated rings. The van der Waals surface area contributed by atoms with E-state index in [0.717, 1.165) is 68.3 Å². The lowest BCUT2D eigenvalue weighted by Crippen LogP contribution is -2.37. The minimum absolute atomic E-state index is 0.208. The van der Waals surface area contributed by atoms with E-state index in [1.807, 2.05) is 19.1 Å². The van der Waals surface area contributed by atoms with E-state index in [1.54, 1.807) is 12.4 Å². The van der Waals surface area contributed by atoms with Gasteiger partial charge < -0.3 is 14.7 Å². The smallest absolute Gasteiger partial charge is 0.231 e. The lowest BCUT2D eigenvalue weighted by Gasteiger charge is -2.34. The molecule has 0 saturated carbocycles. The number of pyridine rings is 1. The van der Waals surface area contributed by atoms with Crippen molar-refractivity contribution in [3.05, 3.63) is 47.5 Å². The first-order chi connectivity index (χ1) is 13.8. The number of fused-ring (bicyclic) bond motifs is 1. The SMILES string of the molecule is Cc1nc2c(c(N3CCC[C@H](c4nc(-c5cccnc5)no4)C3)n1)CCNC2. The molecular formula is C20H23N7O. The Hall–Kier alpha value is -2.87. The lowest BCUT2D eigenvalue weighted by atomic mass is 9.96. The number of anilines is 1. The van der Waals surface area contributed by atoms with Crippen molar-refractivity contribution < 1.29 is 4.52 Å². The van der Waals surface area contributed by atoms with Crippen LogP contribution in [0, 0.1) is 6.92 Å². The average molecular weight is 377 g/mol. The first-order valence-electron chi connectivity index (χ1n) is 9.84. The number of piperidine rings is 1. The molecule has 0 amide bonds. The monoisotopic (exact) mass is 377 g/mol. The van der Waals surface area contributed by atoms with E-state index in [4.69, 9.17) is 9.51 Å². The minimum Gasteiger partial charge on any atom is -0.355 e. The summed E-state index contributed by atoms with van der Waals surface area (Å²) in [5.74, 6) is 3.42. The van der Waals surface area contributed by atoms with Crippen molar-refractivity contribution in [2.75, 3.05) is 24.5 Å². The van der Waals surface area contributed by atoms with Gasteiger partial charge in [0.15, 0.2) is 0 Å². The fraction of sp³-hybridized carbons (Fsp3) is 0.450. The highest BCUT2D eigenvalue weighted by molar-refractivity contribution is 5.53. The molecule has 2 aliphatic heterocycles. The van der Waals surface area contributed by atoms with Crippen LogP contribution in [0.4, 0.5) is 5.82 Å². The summed E-state index contributed by atoms with van der Waals surface area (Å²) in [5, 5.41) is 7.57. The van der Waals surface area contributed by atoms with Gasteiger partial charge in [-0.2, -0.15) is 4.98 Å². The predicted molar refractivity (Wildman–Crippen MR) is 104 cm³/mol. The maximum absolute atomic E-state index is 5.62. The first kappa shape index (κ1) is 17.2. The Balaban J connectivity index is 1.40. The third-order valence-electron chi connectivity index (χ3n) is 5.46. The van der Waals surface area contributed by atoms with Crippen LogP contribution in [0.25, 0.3) is 11.4 Å². The number of aryl methyl sites for hydroxylation is 1. The Bertz CT molecular complexity index is 972. The van der Waals surface area contributed by atoms with Crippen LogP contribution in [0.1, 0.15) is 41.7 Å². The molecule has 3 aromatic heterocycles. The molecule has 0 unspecified atom stereocenters. The summed E-state index contributed by atoms with van der Waals surface area (Å²) in [7, 11) is 0. The highest BCUT2D eigenvalue weighted by Gasteiger charge is 2.29. The minimum atomic E-state index is 0.208. The molecule has 5 rings (SSSR count). The molecule has 0 radical (unpaired) electrons. The van der Waals surface area contributed by atoms with Gasteiger partial charge >= 0.3 is 0 Å². The van der Waals surface area contributed by atoms with Crippen LogP contribution in [0.5, 0.6) is 0 Å². The van der Waals surface area contributed by atoms with Crippen LogP contribution in [-0.4, -0.2) is 44.7 Å². The molecule has 8 nitrogen and oxygen atoms in total. The summed E-state index contributed by atoms with van der Waals surface area (Å²) < 4.78 is 5.62. The molecule has 2 aliphatic rings. The third kappa shape index (κ3) is 3.24. The predicted octanol–water partition coefficient (Wildman–Crippen LogP) is 2.26. The zero-order valence-corrected chi connectivity index (χ0v) is 15.9. The van der Waals surface area contributed by atoms with Crippen LogP contribution in [0.2, 0.25) is 0 Å². The zero-order chi connectivity index (χ0) is 18.9. The maximum Gasteiger partial charge on any atom is 0.231 e. The third-order valence-corrected chi connectivity index (χ3v) is 5.46. The maximum atomic E-state index is 5.62. The Morgan fingerprint density at radius 2 is 2.21 bits per heavy atom. The quantitative estimate of drug-likeness (QED) is 0.743. The molecule has 3 aromatic rings. The largest absolute Gasteiger partial charge is 0.355 e. The van der Waals surface area contributed by atoms with E-state index >= 15 is 0 Å². The molecule has 8 heteroatoms. The van der Waals surface area contributed by atoms with Gasteiger partial charge in [0.1, 0.15) is 11.6 Å². The van der Waals surface area contributed by atoms with Crippen molar-refractivity contribution in [3.63, 3.8) is 0 Å². The van der Waals surface area contributed by atoms with Crippen LogP contribution >= 0.6 is 0 Å². The van der Waals surface area contributed by atoms with E-state index in [2.05, 4.69) is 30.3 Å². The van der Waals surface area contributed by atoms with Gasteiger partial charge in [0.05, 0.1) is 11.6 Å².